The summed E-state index contributed by atoms with van der Waals surface area (Å²) in [6.45, 7) is 0.687. The third-order valence-corrected chi connectivity index (χ3v) is 3.99. The molecular formula is C17H15BrN2O. The van der Waals surface area contributed by atoms with Crippen molar-refractivity contribution < 1.29 is 0 Å². The van der Waals surface area contributed by atoms with Gasteiger partial charge in [-0.2, -0.15) is 0 Å². The molecule has 3 rings (SSSR count). The Balaban J connectivity index is 1.77. The normalized spacial score (nSPS) is 10.9. The van der Waals surface area contributed by atoms with Gasteiger partial charge >= 0.3 is 0 Å². The number of nitrogens with zero attached hydrogens (tertiary/aromatic N) is 2. The monoisotopic (exact) mass is 342 g/mol. The van der Waals surface area contributed by atoms with E-state index >= 15 is 0 Å². The average Bonchev–Trinajstić information content (AvgIpc) is 2.50. The number of fused-ring (bicyclic) bond motifs is 1. The van der Waals surface area contributed by atoms with Crippen molar-refractivity contribution in [2.75, 3.05) is 0 Å². The number of aryl methyl sites for hydroxylation is 2. The van der Waals surface area contributed by atoms with Crippen LogP contribution >= 0.6 is 15.9 Å². The zero-order valence-electron chi connectivity index (χ0n) is 11.5. The van der Waals surface area contributed by atoms with Crippen LogP contribution in [0.25, 0.3) is 10.9 Å². The summed E-state index contributed by atoms with van der Waals surface area (Å²) in [5, 5.41) is 0.667. The molecule has 0 spiro atoms. The summed E-state index contributed by atoms with van der Waals surface area (Å²) in [5.74, 6) is 0. The zero-order valence-corrected chi connectivity index (χ0v) is 13.1. The molecule has 0 unspecified atom stereocenters. The summed E-state index contributed by atoms with van der Waals surface area (Å²) in [4.78, 5) is 16.8. The van der Waals surface area contributed by atoms with E-state index in [1.807, 2.05) is 36.4 Å². The van der Waals surface area contributed by atoms with Crippen LogP contribution in [0.2, 0.25) is 0 Å². The molecule has 0 aliphatic rings. The summed E-state index contributed by atoms with van der Waals surface area (Å²) in [5.41, 5.74) is 2.05. The lowest BCUT2D eigenvalue weighted by Crippen LogP contribution is -2.20. The van der Waals surface area contributed by atoms with Crippen LogP contribution in [-0.4, -0.2) is 9.55 Å². The van der Waals surface area contributed by atoms with Gasteiger partial charge in [0.2, 0.25) is 0 Å². The lowest BCUT2D eigenvalue weighted by atomic mass is 10.1. The molecule has 3 aromatic rings. The highest BCUT2D eigenvalue weighted by atomic mass is 79.9. The van der Waals surface area contributed by atoms with Crippen molar-refractivity contribution in [2.45, 2.75) is 19.4 Å². The van der Waals surface area contributed by atoms with Crippen molar-refractivity contribution in [2.24, 2.45) is 0 Å². The van der Waals surface area contributed by atoms with Gasteiger partial charge in [0.1, 0.15) is 0 Å². The molecule has 0 saturated carbocycles. The molecule has 106 valence electrons. The SMILES string of the molecule is O=c1c2ccc(Br)cc2ncn1CCCc1ccccc1. The second-order valence-electron chi connectivity index (χ2n) is 4.99. The first-order valence-electron chi connectivity index (χ1n) is 6.93. The van der Waals surface area contributed by atoms with Crippen LogP contribution in [0.1, 0.15) is 12.0 Å². The largest absolute Gasteiger partial charge is 0.299 e. The molecule has 1 aromatic heterocycles. The first-order valence-corrected chi connectivity index (χ1v) is 7.72. The minimum Gasteiger partial charge on any atom is -0.299 e. The van der Waals surface area contributed by atoms with E-state index in [-0.39, 0.29) is 5.56 Å². The van der Waals surface area contributed by atoms with E-state index in [1.54, 1.807) is 10.9 Å². The Hall–Kier alpha value is -1.94. The minimum atomic E-state index is 0.0283. The van der Waals surface area contributed by atoms with Crippen LogP contribution in [0.3, 0.4) is 0 Å². The lowest BCUT2D eigenvalue weighted by molar-refractivity contribution is 0.617. The highest BCUT2D eigenvalue weighted by molar-refractivity contribution is 9.10. The molecule has 4 heteroatoms. The number of aromatic nitrogens is 2. The predicted octanol–water partition coefficient (Wildman–Crippen LogP) is 3.79. The van der Waals surface area contributed by atoms with Crippen molar-refractivity contribution in [1.82, 2.24) is 9.55 Å². The molecule has 0 saturated heterocycles. The van der Waals surface area contributed by atoms with Gasteiger partial charge in [-0.1, -0.05) is 46.3 Å². The highest BCUT2D eigenvalue weighted by Gasteiger charge is 2.04. The standard InChI is InChI=1S/C17H15BrN2O/c18-14-8-9-15-16(11-14)19-12-20(17(15)21)10-4-7-13-5-2-1-3-6-13/h1-3,5-6,8-9,11-12H,4,7,10H2. The number of rotatable bonds is 4. The Morgan fingerprint density at radius 1 is 1.10 bits per heavy atom. The van der Waals surface area contributed by atoms with Crippen LogP contribution in [0, 0.1) is 0 Å². The molecule has 0 N–H and O–H groups in total. The molecule has 21 heavy (non-hydrogen) atoms. The van der Waals surface area contributed by atoms with Crippen LogP contribution in [0.5, 0.6) is 0 Å². The number of hydrogen-bond acceptors (Lipinski definition) is 2. The molecular weight excluding hydrogens is 328 g/mol. The maximum Gasteiger partial charge on any atom is 0.261 e. The third kappa shape index (κ3) is 3.22. The quantitative estimate of drug-likeness (QED) is 0.722. The van der Waals surface area contributed by atoms with Gasteiger partial charge < -0.3 is 0 Å². The molecule has 0 fully saturated rings. The van der Waals surface area contributed by atoms with Crippen molar-refractivity contribution in [3.63, 3.8) is 0 Å². The van der Waals surface area contributed by atoms with Gasteiger partial charge in [0.15, 0.2) is 0 Å². The smallest absolute Gasteiger partial charge is 0.261 e. The van der Waals surface area contributed by atoms with E-state index in [9.17, 15) is 4.79 Å². The fourth-order valence-corrected chi connectivity index (χ4v) is 2.74. The fraction of sp³-hybridized carbons (Fsp3) is 0.176. The summed E-state index contributed by atoms with van der Waals surface area (Å²) in [6.07, 6.45) is 3.53. The van der Waals surface area contributed by atoms with Gasteiger partial charge in [-0.3, -0.25) is 9.36 Å². The van der Waals surface area contributed by atoms with Gasteiger partial charge in [0.25, 0.3) is 5.56 Å². The molecule has 0 radical (unpaired) electrons. The minimum absolute atomic E-state index is 0.0283. The van der Waals surface area contributed by atoms with E-state index in [0.29, 0.717) is 11.9 Å². The Kier molecular flexibility index (Phi) is 4.15. The Bertz CT molecular complexity index is 812. The number of halogens is 1. The topological polar surface area (TPSA) is 34.9 Å². The average molecular weight is 343 g/mol. The van der Waals surface area contributed by atoms with Crippen LogP contribution in [-0.2, 0) is 13.0 Å². The summed E-state index contributed by atoms with van der Waals surface area (Å²) in [7, 11) is 0. The first kappa shape index (κ1) is 14.0. The van der Waals surface area contributed by atoms with E-state index in [4.69, 9.17) is 0 Å². The Morgan fingerprint density at radius 3 is 2.71 bits per heavy atom. The molecule has 0 aliphatic carbocycles. The maximum absolute atomic E-state index is 12.4. The van der Waals surface area contributed by atoms with Crippen LogP contribution in [0.15, 0.2) is 64.1 Å². The number of hydrogen-bond donors (Lipinski definition) is 0. The van der Waals surface area contributed by atoms with Gasteiger partial charge in [-0.05, 0) is 36.6 Å². The molecule has 0 amide bonds. The molecule has 3 nitrogen and oxygen atoms in total. The van der Waals surface area contributed by atoms with E-state index in [0.717, 1.165) is 22.8 Å². The Labute approximate surface area is 131 Å². The summed E-state index contributed by atoms with van der Waals surface area (Å²) in [6, 6.07) is 15.9. The van der Waals surface area contributed by atoms with Crippen molar-refractivity contribution in [3.8, 4) is 0 Å². The van der Waals surface area contributed by atoms with Gasteiger partial charge in [-0.15, -0.1) is 0 Å². The lowest BCUT2D eigenvalue weighted by Gasteiger charge is -2.07. The third-order valence-electron chi connectivity index (χ3n) is 3.49. The maximum atomic E-state index is 12.4. The van der Waals surface area contributed by atoms with Crippen molar-refractivity contribution in [1.29, 1.82) is 0 Å². The molecule has 1 heterocycles. The highest BCUT2D eigenvalue weighted by Crippen LogP contribution is 2.15. The van der Waals surface area contributed by atoms with Gasteiger partial charge in [-0.25, -0.2) is 4.98 Å². The molecule has 0 aliphatic heterocycles. The predicted molar refractivity (Wildman–Crippen MR) is 88.5 cm³/mol. The van der Waals surface area contributed by atoms with Crippen LogP contribution < -0.4 is 5.56 Å². The zero-order chi connectivity index (χ0) is 14.7. The summed E-state index contributed by atoms with van der Waals surface area (Å²) >= 11 is 3.39. The number of benzene rings is 2. The van der Waals surface area contributed by atoms with E-state index < -0.39 is 0 Å². The second-order valence-corrected chi connectivity index (χ2v) is 5.91. The van der Waals surface area contributed by atoms with Crippen molar-refractivity contribution in [3.05, 3.63) is 75.2 Å². The summed E-state index contributed by atoms with van der Waals surface area (Å²) < 4.78 is 2.63. The Morgan fingerprint density at radius 2 is 1.90 bits per heavy atom. The second kappa shape index (κ2) is 6.22. The van der Waals surface area contributed by atoms with Gasteiger partial charge in [0, 0.05) is 11.0 Å². The van der Waals surface area contributed by atoms with E-state index in [1.165, 1.54) is 5.56 Å². The van der Waals surface area contributed by atoms with Crippen LogP contribution in [0.4, 0.5) is 0 Å². The molecule has 0 atom stereocenters. The fourth-order valence-electron chi connectivity index (χ4n) is 2.39. The molecule has 2 aromatic carbocycles. The van der Waals surface area contributed by atoms with Crippen molar-refractivity contribution >= 4 is 26.8 Å². The molecule has 0 bridgehead atoms. The van der Waals surface area contributed by atoms with Gasteiger partial charge in [0.05, 0.1) is 17.2 Å². The van der Waals surface area contributed by atoms with E-state index in [2.05, 4.69) is 33.0 Å². The first-order chi connectivity index (χ1) is 10.2.